The van der Waals surface area contributed by atoms with E-state index in [1.807, 2.05) is 77.1 Å². The van der Waals surface area contributed by atoms with Crippen LogP contribution in [0.15, 0.2) is 83.8 Å². The number of hydrogen-bond donors (Lipinski definition) is 1. The Hall–Kier alpha value is -3.65. The highest BCUT2D eigenvalue weighted by Crippen LogP contribution is 2.28. The molecule has 8 heteroatoms. The van der Waals surface area contributed by atoms with Crippen molar-refractivity contribution in [3.8, 4) is 0 Å². The number of amides is 2. The van der Waals surface area contributed by atoms with Crippen LogP contribution >= 0.6 is 0 Å². The monoisotopic (exact) mass is 563 g/mol. The number of nitrogens with zero attached hydrogens (tertiary/aromatic N) is 2. The van der Waals surface area contributed by atoms with Gasteiger partial charge in [-0.25, -0.2) is 8.42 Å². The predicted octanol–water partition coefficient (Wildman–Crippen LogP) is 5.47. The van der Waals surface area contributed by atoms with Gasteiger partial charge in [-0.05, 0) is 62.4 Å². The van der Waals surface area contributed by atoms with Crippen molar-refractivity contribution in [3.63, 3.8) is 0 Å². The highest BCUT2D eigenvalue weighted by Gasteiger charge is 2.34. The molecule has 40 heavy (non-hydrogen) atoms. The highest BCUT2D eigenvalue weighted by atomic mass is 32.2. The molecule has 0 heterocycles. The molecule has 3 aromatic carbocycles. The first kappa shape index (κ1) is 30.9. The van der Waals surface area contributed by atoms with Crippen LogP contribution in [0.5, 0.6) is 0 Å². The predicted molar refractivity (Wildman–Crippen MR) is 160 cm³/mol. The number of nitrogens with one attached hydrogen (secondary N) is 1. The van der Waals surface area contributed by atoms with Gasteiger partial charge in [-0.15, -0.1) is 0 Å². The van der Waals surface area contributed by atoms with Crippen LogP contribution in [0.25, 0.3) is 0 Å². The fourth-order valence-electron chi connectivity index (χ4n) is 4.54. The largest absolute Gasteiger partial charge is 0.352 e. The van der Waals surface area contributed by atoms with Crippen molar-refractivity contribution >= 4 is 27.5 Å². The van der Waals surface area contributed by atoms with E-state index in [9.17, 15) is 18.0 Å². The van der Waals surface area contributed by atoms with Crippen LogP contribution in [0.2, 0.25) is 0 Å². The van der Waals surface area contributed by atoms with Gasteiger partial charge in [0.25, 0.3) is 10.0 Å². The second kappa shape index (κ2) is 14.1. The zero-order valence-electron chi connectivity index (χ0n) is 24.1. The molecule has 0 aliphatic carbocycles. The maximum Gasteiger partial charge on any atom is 0.264 e. The molecule has 0 aromatic heterocycles. The summed E-state index contributed by atoms with van der Waals surface area (Å²) in [6.07, 6.45) is 1.73. The molecule has 3 aromatic rings. The fraction of sp³-hybridized carbons (Fsp3) is 0.375. The molecule has 2 amide bonds. The van der Waals surface area contributed by atoms with Gasteiger partial charge in [0.05, 0.1) is 10.6 Å². The minimum absolute atomic E-state index is 0.0509. The second-order valence-electron chi connectivity index (χ2n) is 10.1. The quantitative estimate of drug-likeness (QED) is 0.299. The number of anilines is 1. The molecule has 3 rings (SSSR count). The van der Waals surface area contributed by atoms with Crippen molar-refractivity contribution in [3.05, 3.63) is 95.6 Å². The molecule has 0 fully saturated rings. The lowest BCUT2D eigenvalue weighted by Crippen LogP contribution is -2.53. The van der Waals surface area contributed by atoms with Gasteiger partial charge in [0.1, 0.15) is 12.6 Å². The zero-order chi connectivity index (χ0) is 29.3. The van der Waals surface area contributed by atoms with Gasteiger partial charge in [-0.3, -0.25) is 13.9 Å². The maximum atomic E-state index is 14.2. The van der Waals surface area contributed by atoms with Crippen molar-refractivity contribution in [2.75, 3.05) is 10.8 Å². The number of para-hydroxylation sites is 1. The van der Waals surface area contributed by atoms with E-state index in [0.29, 0.717) is 18.5 Å². The van der Waals surface area contributed by atoms with Crippen molar-refractivity contribution in [1.29, 1.82) is 0 Å². The van der Waals surface area contributed by atoms with E-state index in [-0.39, 0.29) is 23.4 Å². The number of sulfonamides is 1. The van der Waals surface area contributed by atoms with Crippen molar-refractivity contribution in [2.45, 2.75) is 77.4 Å². The maximum absolute atomic E-state index is 14.2. The Morgan fingerprint density at radius 1 is 0.850 bits per heavy atom. The Kier molecular flexibility index (Phi) is 10.9. The normalized spacial score (nSPS) is 12.8. The molecule has 0 bridgehead atoms. The van der Waals surface area contributed by atoms with Crippen LogP contribution in [-0.4, -0.2) is 43.8 Å². The molecule has 0 unspecified atom stereocenters. The molecule has 0 saturated heterocycles. The average Bonchev–Trinajstić information content (AvgIpc) is 2.96. The number of rotatable bonds is 13. The summed E-state index contributed by atoms with van der Waals surface area (Å²) in [5.41, 5.74) is 3.05. The summed E-state index contributed by atoms with van der Waals surface area (Å²) in [6, 6.07) is 22.5. The van der Waals surface area contributed by atoms with Crippen molar-refractivity contribution in [1.82, 2.24) is 10.2 Å². The second-order valence-corrected chi connectivity index (χ2v) is 11.9. The molecule has 214 valence electrons. The molecule has 7 nitrogen and oxygen atoms in total. The van der Waals surface area contributed by atoms with E-state index in [0.717, 1.165) is 23.1 Å². The third-order valence-electron chi connectivity index (χ3n) is 7.11. The van der Waals surface area contributed by atoms with E-state index >= 15 is 0 Å². The molecule has 2 atom stereocenters. The summed E-state index contributed by atoms with van der Waals surface area (Å²) in [6.45, 7) is 9.35. The van der Waals surface area contributed by atoms with Crippen LogP contribution < -0.4 is 9.62 Å². The number of carbonyl (C=O) groups excluding carboxylic acids is 2. The van der Waals surface area contributed by atoms with Gasteiger partial charge >= 0.3 is 0 Å². The molecule has 0 aliphatic rings. The van der Waals surface area contributed by atoms with Gasteiger partial charge in [-0.2, -0.15) is 0 Å². The first-order valence-corrected chi connectivity index (χ1v) is 15.4. The molecule has 1 N–H and O–H groups in total. The number of hydrogen-bond acceptors (Lipinski definition) is 4. The average molecular weight is 564 g/mol. The van der Waals surface area contributed by atoms with Crippen LogP contribution in [-0.2, 0) is 32.6 Å². The van der Waals surface area contributed by atoms with Crippen molar-refractivity contribution in [2.24, 2.45) is 0 Å². The van der Waals surface area contributed by atoms with E-state index in [1.165, 1.54) is 9.21 Å². The number of benzene rings is 3. The topological polar surface area (TPSA) is 86.8 Å². The summed E-state index contributed by atoms with van der Waals surface area (Å²) in [5, 5.41) is 3.00. The molecule has 0 saturated carbocycles. The molecule has 0 radical (unpaired) electrons. The lowest BCUT2D eigenvalue weighted by atomic mass is 10.1. The first-order valence-electron chi connectivity index (χ1n) is 13.9. The summed E-state index contributed by atoms with van der Waals surface area (Å²) in [4.78, 5) is 29.1. The van der Waals surface area contributed by atoms with E-state index < -0.39 is 28.5 Å². The highest BCUT2D eigenvalue weighted by molar-refractivity contribution is 7.92. The third kappa shape index (κ3) is 7.50. The van der Waals surface area contributed by atoms with Crippen LogP contribution in [0, 0.1) is 6.92 Å². The SMILES string of the molecule is CCc1ccccc1N(CC(=O)N(Cc1ccccc1)[C@H](CC)C(=O)N[C@H](C)CC)S(=O)(=O)c1ccc(C)cc1. The zero-order valence-corrected chi connectivity index (χ0v) is 24.9. The third-order valence-corrected chi connectivity index (χ3v) is 8.89. The molecule has 0 aliphatic heterocycles. The standard InChI is InChI=1S/C32H41N3O4S/c1-6-25(5)33-32(37)29(8-3)34(22-26-14-10-9-11-15-26)31(36)23-35(30-17-13-12-16-27(30)7-2)40(38,39)28-20-18-24(4)19-21-28/h9-21,25,29H,6-8,22-23H2,1-5H3,(H,33,37)/t25-,29-/m1/s1. The number of aryl methyl sites for hydroxylation is 2. The summed E-state index contributed by atoms with van der Waals surface area (Å²) in [5.74, 6) is -0.695. The smallest absolute Gasteiger partial charge is 0.264 e. The molecular formula is C32H41N3O4S. The van der Waals surface area contributed by atoms with E-state index in [4.69, 9.17) is 0 Å². The lowest BCUT2D eigenvalue weighted by molar-refractivity contribution is -0.140. The number of carbonyl (C=O) groups is 2. The summed E-state index contributed by atoms with van der Waals surface area (Å²) < 4.78 is 29.3. The molecule has 0 spiro atoms. The van der Waals surface area contributed by atoms with Gasteiger partial charge in [0, 0.05) is 12.6 Å². The Morgan fingerprint density at radius 3 is 2.08 bits per heavy atom. The minimum atomic E-state index is -4.10. The van der Waals surface area contributed by atoms with Gasteiger partial charge < -0.3 is 10.2 Å². The van der Waals surface area contributed by atoms with E-state index in [1.54, 1.807) is 36.4 Å². The van der Waals surface area contributed by atoms with Gasteiger partial charge in [0.2, 0.25) is 11.8 Å². The van der Waals surface area contributed by atoms with Crippen LogP contribution in [0.1, 0.15) is 57.2 Å². The van der Waals surface area contributed by atoms with Crippen molar-refractivity contribution < 1.29 is 18.0 Å². The van der Waals surface area contributed by atoms with E-state index in [2.05, 4.69) is 5.32 Å². The minimum Gasteiger partial charge on any atom is -0.352 e. The summed E-state index contributed by atoms with van der Waals surface area (Å²) >= 11 is 0. The molecular weight excluding hydrogens is 522 g/mol. The Morgan fingerprint density at radius 2 is 1.48 bits per heavy atom. The Balaban J connectivity index is 2.08. The van der Waals surface area contributed by atoms with Gasteiger partial charge in [0.15, 0.2) is 0 Å². The lowest BCUT2D eigenvalue weighted by Gasteiger charge is -2.34. The summed E-state index contributed by atoms with van der Waals surface area (Å²) in [7, 11) is -4.10. The first-order chi connectivity index (χ1) is 19.1. The Bertz CT molecular complexity index is 1370. The van der Waals surface area contributed by atoms with Crippen LogP contribution in [0.4, 0.5) is 5.69 Å². The Labute approximate surface area is 239 Å². The van der Waals surface area contributed by atoms with Gasteiger partial charge in [-0.1, -0.05) is 87.0 Å². The van der Waals surface area contributed by atoms with Crippen LogP contribution in [0.3, 0.4) is 0 Å². The fourth-order valence-corrected chi connectivity index (χ4v) is 6.00.